The summed E-state index contributed by atoms with van der Waals surface area (Å²) in [6, 6.07) is 6.79. The Balaban J connectivity index is 2.38. The van der Waals surface area contributed by atoms with Crippen LogP contribution in [0.4, 0.5) is 0 Å². The lowest BCUT2D eigenvalue weighted by molar-refractivity contribution is 0.406. The van der Waals surface area contributed by atoms with Gasteiger partial charge in [-0.15, -0.1) is 0 Å². The number of hydrogen-bond donors (Lipinski definition) is 1. The Kier molecular flexibility index (Phi) is 5.02. The topological polar surface area (TPSA) is 39.1 Å². The highest BCUT2D eigenvalue weighted by atomic mass is 16.5. The molecule has 0 bridgehead atoms. The highest BCUT2D eigenvalue weighted by molar-refractivity contribution is 5.67. The lowest BCUT2D eigenvalue weighted by Gasteiger charge is -2.13. The zero-order valence-corrected chi connectivity index (χ0v) is 13.6. The summed E-state index contributed by atoms with van der Waals surface area (Å²) in [7, 11) is 3.68. The monoisotopic (exact) mass is 287 g/mol. The van der Waals surface area contributed by atoms with Gasteiger partial charge in [0.25, 0.3) is 0 Å². The zero-order chi connectivity index (χ0) is 15.4. The summed E-state index contributed by atoms with van der Waals surface area (Å²) in [5.41, 5.74) is 4.70. The molecule has 1 aromatic heterocycles. The molecule has 2 aromatic rings. The fourth-order valence-corrected chi connectivity index (χ4v) is 2.44. The van der Waals surface area contributed by atoms with Crippen LogP contribution in [0, 0.1) is 0 Å². The highest BCUT2D eigenvalue weighted by Crippen LogP contribution is 2.28. The van der Waals surface area contributed by atoms with E-state index in [0.29, 0.717) is 6.04 Å². The number of ether oxygens (including phenoxy) is 1. The number of rotatable bonds is 6. The molecular formula is C17H25N3O. The van der Waals surface area contributed by atoms with E-state index in [2.05, 4.69) is 49.5 Å². The van der Waals surface area contributed by atoms with Crippen molar-refractivity contribution in [3.05, 3.63) is 35.7 Å². The Morgan fingerprint density at radius 1 is 1.33 bits per heavy atom. The Morgan fingerprint density at radius 3 is 2.71 bits per heavy atom. The Labute approximate surface area is 127 Å². The molecule has 0 amide bonds. The summed E-state index contributed by atoms with van der Waals surface area (Å²) in [5.74, 6) is 0.925. The molecule has 0 saturated carbocycles. The van der Waals surface area contributed by atoms with E-state index in [1.807, 2.05) is 17.8 Å². The largest absolute Gasteiger partial charge is 0.496 e. The SMILES string of the molecule is CCc1nn(C)cc1-c1ccc(OC)c(CNC(C)C)c1. The fourth-order valence-electron chi connectivity index (χ4n) is 2.44. The highest BCUT2D eigenvalue weighted by Gasteiger charge is 2.11. The maximum atomic E-state index is 5.47. The summed E-state index contributed by atoms with van der Waals surface area (Å²) < 4.78 is 7.35. The molecule has 0 unspecified atom stereocenters. The molecular weight excluding hydrogens is 262 g/mol. The van der Waals surface area contributed by atoms with Gasteiger partial charge in [0.2, 0.25) is 0 Å². The van der Waals surface area contributed by atoms with Gasteiger partial charge in [-0.05, 0) is 24.1 Å². The Hall–Kier alpha value is -1.81. The molecule has 21 heavy (non-hydrogen) atoms. The lowest BCUT2D eigenvalue weighted by atomic mass is 10.0. The average Bonchev–Trinajstić information content (AvgIpc) is 2.85. The van der Waals surface area contributed by atoms with Gasteiger partial charge in [0.1, 0.15) is 5.75 Å². The quantitative estimate of drug-likeness (QED) is 0.887. The standard InChI is InChI=1S/C17H25N3O/c1-6-16-15(11-20(4)19-16)13-7-8-17(21-5)14(9-13)10-18-12(2)3/h7-9,11-12,18H,6,10H2,1-5H3. The number of aromatic nitrogens is 2. The molecule has 4 heteroatoms. The third-order valence-electron chi connectivity index (χ3n) is 3.53. The van der Waals surface area contributed by atoms with Crippen molar-refractivity contribution in [2.45, 2.75) is 39.8 Å². The summed E-state index contributed by atoms with van der Waals surface area (Å²) >= 11 is 0. The second kappa shape index (κ2) is 6.76. The van der Waals surface area contributed by atoms with Crippen molar-refractivity contribution in [2.24, 2.45) is 7.05 Å². The average molecular weight is 287 g/mol. The number of aryl methyl sites for hydroxylation is 2. The maximum Gasteiger partial charge on any atom is 0.123 e. The predicted molar refractivity (Wildman–Crippen MR) is 86.5 cm³/mol. The van der Waals surface area contributed by atoms with Crippen molar-refractivity contribution < 1.29 is 4.74 Å². The first-order chi connectivity index (χ1) is 10.0. The molecule has 0 aliphatic heterocycles. The predicted octanol–water partition coefficient (Wildman–Crippen LogP) is 3.16. The third kappa shape index (κ3) is 3.64. The first kappa shape index (κ1) is 15.6. The van der Waals surface area contributed by atoms with E-state index in [9.17, 15) is 0 Å². The molecule has 1 N–H and O–H groups in total. The molecule has 1 aromatic carbocycles. The van der Waals surface area contributed by atoms with Gasteiger partial charge in [-0.3, -0.25) is 4.68 Å². The van der Waals surface area contributed by atoms with E-state index in [1.165, 1.54) is 16.7 Å². The molecule has 0 aliphatic carbocycles. The van der Waals surface area contributed by atoms with Crippen molar-refractivity contribution in [1.82, 2.24) is 15.1 Å². The van der Waals surface area contributed by atoms with Gasteiger partial charge in [0.05, 0.1) is 12.8 Å². The van der Waals surface area contributed by atoms with E-state index >= 15 is 0 Å². The normalized spacial score (nSPS) is 11.1. The second-order valence-electron chi connectivity index (χ2n) is 5.58. The van der Waals surface area contributed by atoms with Gasteiger partial charge in [-0.25, -0.2) is 0 Å². The summed E-state index contributed by atoms with van der Waals surface area (Å²) in [6.45, 7) is 7.23. The Morgan fingerprint density at radius 2 is 2.10 bits per heavy atom. The molecule has 0 saturated heterocycles. The minimum absolute atomic E-state index is 0.447. The van der Waals surface area contributed by atoms with Gasteiger partial charge >= 0.3 is 0 Å². The molecule has 4 nitrogen and oxygen atoms in total. The number of nitrogens with zero attached hydrogens (tertiary/aromatic N) is 2. The summed E-state index contributed by atoms with van der Waals surface area (Å²) in [5, 5.41) is 7.97. The van der Waals surface area contributed by atoms with E-state index < -0.39 is 0 Å². The molecule has 1 heterocycles. The number of benzene rings is 1. The zero-order valence-electron chi connectivity index (χ0n) is 13.6. The molecule has 0 aliphatic rings. The maximum absolute atomic E-state index is 5.47. The van der Waals surface area contributed by atoms with Gasteiger partial charge in [0.15, 0.2) is 0 Å². The smallest absolute Gasteiger partial charge is 0.123 e. The first-order valence-electron chi connectivity index (χ1n) is 7.48. The van der Waals surface area contributed by atoms with Gasteiger partial charge in [-0.2, -0.15) is 5.10 Å². The summed E-state index contributed by atoms with van der Waals surface area (Å²) in [6.07, 6.45) is 3.02. The minimum atomic E-state index is 0.447. The van der Waals surface area contributed by atoms with Crippen LogP contribution in [-0.2, 0) is 20.0 Å². The second-order valence-corrected chi connectivity index (χ2v) is 5.58. The van der Waals surface area contributed by atoms with Crippen LogP contribution in [0.25, 0.3) is 11.1 Å². The van der Waals surface area contributed by atoms with Gasteiger partial charge in [0, 0.05) is 37.0 Å². The van der Waals surface area contributed by atoms with Crippen LogP contribution in [-0.4, -0.2) is 22.9 Å². The van der Waals surface area contributed by atoms with Crippen molar-refractivity contribution in [2.75, 3.05) is 7.11 Å². The molecule has 2 rings (SSSR count). The van der Waals surface area contributed by atoms with E-state index in [0.717, 1.165) is 24.4 Å². The van der Waals surface area contributed by atoms with Crippen LogP contribution < -0.4 is 10.1 Å². The van der Waals surface area contributed by atoms with Gasteiger partial charge < -0.3 is 10.1 Å². The van der Waals surface area contributed by atoms with Crippen molar-refractivity contribution in [1.29, 1.82) is 0 Å². The third-order valence-corrected chi connectivity index (χ3v) is 3.53. The minimum Gasteiger partial charge on any atom is -0.496 e. The van der Waals surface area contributed by atoms with Crippen LogP contribution in [0.5, 0.6) is 5.75 Å². The summed E-state index contributed by atoms with van der Waals surface area (Å²) in [4.78, 5) is 0. The molecule has 0 atom stereocenters. The van der Waals surface area contributed by atoms with Gasteiger partial charge in [-0.1, -0.05) is 26.8 Å². The molecule has 0 fully saturated rings. The molecule has 114 valence electrons. The molecule has 0 radical (unpaired) electrons. The fraction of sp³-hybridized carbons (Fsp3) is 0.471. The molecule has 0 spiro atoms. The first-order valence-corrected chi connectivity index (χ1v) is 7.48. The number of methoxy groups -OCH3 is 1. The van der Waals surface area contributed by atoms with E-state index in [4.69, 9.17) is 4.74 Å². The van der Waals surface area contributed by atoms with E-state index in [-0.39, 0.29) is 0 Å². The van der Waals surface area contributed by atoms with Crippen LogP contribution in [0.1, 0.15) is 32.0 Å². The van der Waals surface area contributed by atoms with Crippen LogP contribution >= 0.6 is 0 Å². The van der Waals surface area contributed by atoms with Crippen LogP contribution in [0.3, 0.4) is 0 Å². The van der Waals surface area contributed by atoms with Crippen molar-refractivity contribution >= 4 is 0 Å². The number of hydrogen-bond acceptors (Lipinski definition) is 3. The van der Waals surface area contributed by atoms with Crippen molar-refractivity contribution in [3.8, 4) is 16.9 Å². The lowest BCUT2D eigenvalue weighted by Crippen LogP contribution is -2.22. The van der Waals surface area contributed by atoms with E-state index in [1.54, 1.807) is 7.11 Å². The Bertz CT molecular complexity index is 602. The number of nitrogens with one attached hydrogen (secondary N) is 1. The van der Waals surface area contributed by atoms with Crippen LogP contribution in [0.2, 0.25) is 0 Å². The van der Waals surface area contributed by atoms with Crippen molar-refractivity contribution in [3.63, 3.8) is 0 Å². The van der Waals surface area contributed by atoms with Crippen LogP contribution in [0.15, 0.2) is 24.4 Å².